The normalized spacial score (nSPS) is 13.3. The molecule has 2 atom stereocenters. The number of hydrogen-bond acceptors (Lipinski definition) is 5. The lowest BCUT2D eigenvalue weighted by atomic mass is 10.0. The van der Waals surface area contributed by atoms with Gasteiger partial charge in [0.1, 0.15) is 6.04 Å². The van der Waals surface area contributed by atoms with Crippen LogP contribution < -0.4 is 19.1 Å². The predicted molar refractivity (Wildman–Crippen MR) is 123 cm³/mol. The summed E-state index contributed by atoms with van der Waals surface area (Å²) in [5.74, 6) is 0.776. The lowest BCUT2D eigenvalue weighted by molar-refractivity contribution is -0.122. The van der Waals surface area contributed by atoms with Crippen LogP contribution in [0.4, 0.5) is 5.69 Å². The van der Waals surface area contributed by atoms with Gasteiger partial charge in [0.25, 0.3) is 0 Å². The minimum atomic E-state index is -3.68. The Kier molecular flexibility index (Phi) is 7.95. The Balaban J connectivity index is 2.33. The molecule has 31 heavy (non-hydrogen) atoms. The van der Waals surface area contributed by atoms with Gasteiger partial charge in [0.15, 0.2) is 11.5 Å². The average molecular weight is 449 g/mol. The van der Waals surface area contributed by atoms with E-state index >= 15 is 0 Å². The van der Waals surface area contributed by atoms with Crippen molar-refractivity contribution in [3.8, 4) is 11.5 Å². The van der Waals surface area contributed by atoms with Gasteiger partial charge in [-0.15, -0.1) is 0 Å². The maximum atomic E-state index is 13.1. The van der Waals surface area contributed by atoms with E-state index in [9.17, 15) is 13.2 Å². The van der Waals surface area contributed by atoms with Gasteiger partial charge in [-0.1, -0.05) is 19.1 Å². The summed E-state index contributed by atoms with van der Waals surface area (Å²) in [6, 6.07) is 9.58. The van der Waals surface area contributed by atoms with Crippen molar-refractivity contribution in [2.75, 3.05) is 24.8 Å². The molecular weight excluding hydrogens is 416 g/mol. The third-order valence-corrected chi connectivity index (χ3v) is 6.61. The van der Waals surface area contributed by atoms with Crippen molar-refractivity contribution in [2.45, 2.75) is 46.2 Å². The number of carbonyl (C=O) groups excluding carboxylic acids is 1. The molecule has 0 saturated heterocycles. The monoisotopic (exact) mass is 448 g/mol. The zero-order valence-electron chi connectivity index (χ0n) is 19.2. The SMILES string of the molecule is CCC(NC(=O)C(C)N(c1ccc(C)c(C)c1)S(C)(=O)=O)c1ccc(OC)c(OC)c1. The molecule has 0 aromatic heterocycles. The summed E-state index contributed by atoms with van der Waals surface area (Å²) in [5.41, 5.74) is 3.31. The second-order valence-corrected chi connectivity index (χ2v) is 9.45. The quantitative estimate of drug-likeness (QED) is 0.632. The molecule has 2 aromatic rings. The molecule has 0 aliphatic carbocycles. The fourth-order valence-electron chi connectivity index (χ4n) is 3.45. The zero-order chi connectivity index (χ0) is 23.3. The maximum absolute atomic E-state index is 13.1. The van der Waals surface area contributed by atoms with E-state index in [0.29, 0.717) is 23.6 Å². The third kappa shape index (κ3) is 5.70. The molecule has 0 saturated carbocycles. The van der Waals surface area contributed by atoms with Crippen molar-refractivity contribution >= 4 is 21.6 Å². The van der Waals surface area contributed by atoms with Gasteiger partial charge < -0.3 is 14.8 Å². The van der Waals surface area contributed by atoms with Crippen LogP contribution in [0.5, 0.6) is 11.5 Å². The second kappa shape index (κ2) is 10.0. The minimum Gasteiger partial charge on any atom is -0.493 e. The molecule has 170 valence electrons. The summed E-state index contributed by atoms with van der Waals surface area (Å²) in [4.78, 5) is 13.1. The maximum Gasteiger partial charge on any atom is 0.244 e. The molecule has 1 N–H and O–H groups in total. The third-order valence-electron chi connectivity index (χ3n) is 5.37. The van der Waals surface area contributed by atoms with Gasteiger partial charge in [0.2, 0.25) is 15.9 Å². The van der Waals surface area contributed by atoms with Crippen molar-refractivity contribution in [3.63, 3.8) is 0 Å². The van der Waals surface area contributed by atoms with Crippen molar-refractivity contribution in [3.05, 3.63) is 53.1 Å². The Bertz CT molecular complexity index is 1040. The molecule has 0 bridgehead atoms. The number of sulfonamides is 1. The Morgan fingerprint density at radius 3 is 2.19 bits per heavy atom. The van der Waals surface area contributed by atoms with Crippen LogP contribution >= 0.6 is 0 Å². The van der Waals surface area contributed by atoms with Crippen LogP contribution in [0.15, 0.2) is 36.4 Å². The van der Waals surface area contributed by atoms with E-state index in [4.69, 9.17) is 9.47 Å². The highest BCUT2D eigenvalue weighted by Gasteiger charge is 2.30. The van der Waals surface area contributed by atoms with E-state index < -0.39 is 16.1 Å². The van der Waals surface area contributed by atoms with Crippen LogP contribution in [0.3, 0.4) is 0 Å². The molecule has 2 aromatic carbocycles. The standard InChI is InChI=1S/C23H32N2O5S/c1-8-20(18-10-12-21(29-5)22(14-18)30-6)24-23(26)17(4)25(31(7,27)28)19-11-9-15(2)16(3)13-19/h9-14,17,20H,8H2,1-7H3,(H,24,26). The average Bonchev–Trinajstić information content (AvgIpc) is 2.72. The van der Waals surface area contributed by atoms with Crippen molar-refractivity contribution < 1.29 is 22.7 Å². The highest BCUT2D eigenvalue weighted by atomic mass is 32.2. The number of amides is 1. The summed E-state index contributed by atoms with van der Waals surface area (Å²) in [6.07, 6.45) is 1.73. The Labute approximate surface area is 185 Å². The van der Waals surface area contributed by atoms with Crippen LogP contribution in [0.25, 0.3) is 0 Å². The number of rotatable bonds is 9. The Hall–Kier alpha value is -2.74. The first-order chi connectivity index (χ1) is 14.5. The number of aryl methyl sites for hydroxylation is 2. The molecule has 0 heterocycles. The first kappa shape index (κ1) is 24.5. The van der Waals surface area contributed by atoms with Crippen LogP contribution in [0.1, 0.15) is 43.0 Å². The molecule has 0 fully saturated rings. The number of nitrogens with one attached hydrogen (secondary N) is 1. The first-order valence-corrected chi connectivity index (χ1v) is 12.0. The van der Waals surface area contributed by atoms with E-state index in [1.165, 1.54) is 0 Å². The fraction of sp³-hybridized carbons (Fsp3) is 0.435. The zero-order valence-corrected chi connectivity index (χ0v) is 20.0. The molecule has 7 nitrogen and oxygen atoms in total. The lowest BCUT2D eigenvalue weighted by Crippen LogP contribution is -2.48. The molecule has 0 spiro atoms. The minimum absolute atomic E-state index is 0.309. The fourth-order valence-corrected chi connectivity index (χ4v) is 4.62. The van der Waals surface area contributed by atoms with Crippen LogP contribution in [-0.2, 0) is 14.8 Å². The van der Waals surface area contributed by atoms with Gasteiger partial charge in [-0.25, -0.2) is 8.42 Å². The highest BCUT2D eigenvalue weighted by Crippen LogP contribution is 2.31. The van der Waals surface area contributed by atoms with Gasteiger partial charge in [0.05, 0.1) is 32.2 Å². The van der Waals surface area contributed by atoms with Gasteiger partial charge in [-0.05, 0) is 68.1 Å². The number of nitrogens with zero attached hydrogens (tertiary/aromatic N) is 1. The number of benzene rings is 2. The second-order valence-electron chi connectivity index (χ2n) is 7.59. The molecule has 2 rings (SSSR count). The van der Waals surface area contributed by atoms with E-state index in [1.54, 1.807) is 39.3 Å². The van der Waals surface area contributed by atoms with Gasteiger partial charge in [0, 0.05) is 0 Å². The Morgan fingerprint density at radius 1 is 1.03 bits per heavy atom. The summed E-state index contributed by atoms with van der Waals surface area (Å²) in [7, 11) is -0.570. The molecule has 1 amide bonds. The largest absolute Gasteiger partial charge is 0.493 e. The van der Waals surface area contributed by atoms with Crippen molar-refractivity contribution in [1.29, 1.82) is 0 Å². The van der Waals surface area contributed by atoms with E-state index in [1.807, 2.05) is 39.0 Å². The lowest BCUT2D eigenvalue weighted by Gasteiger charge is -2.30. The number of anilines is 1. The molecular formula is C23H32N2O5S. The highest BCUT2D eigenvalue weighted by molar-refractivity contribution is 7.92. The van der Waals surface area contributed by atoms with Gasteiger partial charge in [-0.3, -0.25) is 9.10 Å². The molecule has 8 heteroatoms. The Morgan fingerprint density at radius 2 is 1.68 bits per heavy atom. The summed E-state index contributed by atoms with van der Waals surface area (Å²) >= 11 is 0. The van der Waals surface area contributed by atoms with Gasteiger partial charge in [-0.2, -0.15) is 0 Å². The number of methoxy groups -OCH3 is 2. The molecule has 2 unspecified atom stereocenters. The molecule has 0 aliphatic heterocycles. The van der Waals surface area contributed by atoms with E-state index in [0.717, 1.165) is 27.3 Å². The van der Waals surface area contributed by atoms with E-state index in [-0.39, 0.29) is 11.9 Å². The van der Waals surface area contributed by atoms with Crippen LogP contribution in [0.2, 0.25) is 0 Å². The van der Waals surface area contributed by atoms with E-state index in [2.05, 4.69) is 5.32 Å². The van der Waals surface area contributed by atoms with Gasteiger partial charge >= 0.3 is 0 Å². The number of carbonyl (C=O) groups is 1. The van der Waals surface area contributed by atoms with Crippen LogP contribution in [0, 0.1) is 13.8 Å². The first-order valence-electron chi connectivity index (χ1n) is 10.1. The summed E-state index contributed by atoms with van der Waals surface area (Å²) < 4.78 is 36.9. The number of ether oxygens (including phenoxy) is 2. The smallest absolute Gasteiger partial charge is 0.244 e. The van der Waals surface area contributed by atoms with Crippen LogP contribution in [-0.4, -0.2) is 40.8 Å². The molecule has 0 radical (unpaired) electrons. The van der Waals surface area contributed by atoms with Crippen molar-refractivity contribution in [1.82, 2.24) is 5.32 Å². The summed E-state index contributed by atoms with van der Waals surface area (Å²) in [6.45, 7) is 7.40. The van der Waals surface area contributed by atoms with Crippen molar-refractivity contribution in [2.24, 2.45) is 0 Å². The number of hydrogen-bond donors (Lipinski definition) is 1. The predicted octanol–water partition coefficient (Wildman–Crippen LogP) is 3.74. The molecule has 0 aliphatic rings. The topological polar surface area (TPSA) is 84.9 Å². The summed E-state index contributed by atoms with van der Waals surface area (Å²) in [5, 5.41) is 2.98.